The molecule has 2 N–H and O–H groups in total. The van der Waals surface area contributed by atoms with Gasteiger partial charge in [-0.1, -0.05) is 20.8 Å². The van der Waals surface area contributed by atoms with Crippen LogP contribution in [0.25, 0.3) is 0 Å². The van der Waals surface area contributed by atoms with Gasteiger partial charge in [0.25, 0.3) is 0 Å². The molecule has 3 atom stereocenters. The molecule has 0 aromatic rings. The maximum atomic E-state index is 6.23. The minimum atomic E-state index is 0.175. The number of likely N-dealkylation sites (tertiary alicyclic amines) is 1. The Balaban J connectivity index is 2.14. The van der Waals surface area contributed by atoms with Gasteiger partial charge in [0.15, 0.2) is 0 Å². The topological polar surface area (TPSA) is 32.5 Å². The van der Waals surface area contributed by atoms with E-state index < -0.39 is 0 Å². The number of nitrogens with two attached hydrogens (primary N) is 1. The summed E-state index contributed by atoms with van der Waals surface area (Å²) >= 11 is 0. The van der Waals surface area contributed by atoms with E-state index in [1.54, 1.807) is 0 Å². The summed E-state index contributed by atoms with van der Waals surface area (Å²) in [6.45, 7) is 13.6. The first-order valence-electron chi connectivity index (χ1n) is 7.90. The summed E-state index contributed by atoms with van der Waals surface area (Å²) in [6.07, 6.45) is 4.00. The van der Waals surface area contributed by atoms with Gasteiger partial charge >= 0.3 is 0 Å². The predicted octanol–water partition coefficient (Wildman–Crippen LogP) is 2.31. The molecule has 0 bridgehead atoms. The van der Waals surface area contributed by atoms with Crippen molar-refractivity contribution < 1.29 is 0 Å². The lowest BCUT2D eigenvalue weighted by Crippen LogP contribution is -2.59. The Kier molecular flexibility index (Phi) is 4.03. The van der Waals surface area contributed by atoms with Crippen LogP contribution in [0.4, 0.5) is 0 Å². The molecule has 1 heterocycles. The molecule has 0 aromatic heterocycles. The molecule has 1 aliphatic carbocycles. The molecule has 0 spiro atoms. The van der Waals surface area contributed by atoms with Crippen molar-refractivity contribution in [2.24, 2.45) is 11.1 Å². The minimum absolute atomic E-state index is 0.175. The second-order valence-electron chi connectivity index (χ2n) is 8.04. The van der Waals surface area contributed by atoms with Crippen LogP contribution in [0.2, 0.25) is 0 Å². The molecule has 1 saturated heterocycles. The lowest BCUT2D eigenvalue weighted by molar-refractivity contribution is 0.0359. The van der Waals surface area contributed by atoms with Gasteiger partial charge in [0, 0.05) is 36.8 Å². The smallest absolute Gasteiger partial charge is 0.0473 e. The van der Waals surface area contributed by atoms with Crippen LogP contribution < -0.4 is 5.73 Å². The summed E-state index contributed by atoms with van der Waals surface area (Å²) in [5.74, 6) is 0. The third kappa shape index (κ3) is 2.84. The van der Waals surface area contributed by atoms with Gasteiger partial charge in [0.2, 0.25) is 0 Å². The zero-order valence-electron chi connectivity index (χ0n) is 13.7. The highest BCUT2D eigenvalue weighted by Crippen LogP contribution is 2.41. The van der Waals surface area contributed by atoms with Gasteiger partial charge in [-0.05, 0) is 45.6 Å². The Morgan fingerprint density at radius 3 is 2.37 bits per heavy atom. The third-order valence-corrected chi connectivity index (χ3v) is 5.70. The zero-order valence-corrected chi connectivity index (χ0v) is 13.7. The molecule has 3 nitrogen and oxygen atoms in total. The molecule has 0 amide bonds. The Labute approximate surface area is 119 Å². The van der Waals surface area contributed by atoms with Crippen molar-refractivity contribution in [3.8, 4) is 0 Å². The third-order valence-electron chi connectivity index (χ3n) is 5.70. The second kappa shape index (κ2) is 5.01. The fourth-order valence-corrected chi connectivity index (χ4v) is 3.66. The van der Waals surface area contributed by atoms with E-state index >= 15 is 0 Å². The van der Waals surface area contributed by atoms with Crippen molar-refractivity contribution in [1.29, 1.82) is 0 Å². The zero-order chi connectivity index (χ0) is 14.4. The summed E-state index contributed by atoms with van der Waals surface area (Å²) in [7, 11) is 2.28. The van der Waals surface area contributed by atoms with E-state index in [-0.39, 0.29) is 5.54 Å². The van der Waals surface area contributed by atoms with Gasteiger partial charge in [-0.25, -0.2) is 0 Å². The van der Waals surface area contributed by atoms with Gasteiger partial charge in [-0.15, -0.1) is 0 Å². The van der Waals surface area contributed by atoms with E-state index in [1.807, 2.05) is 0 Å². The molecule has 2 aliphatic rings. The largest absolute Gasteiger partial charge is 0.329 e. The van der Waals surface area contributed by atoms with E-state index in [1.165, 1.54) is 19.3 Å². The van der Waals surface area contributed by atoms with Crippen molar-refractivity contribution >= 4 is 0 Å². The number of rotatable bonds is 4. The maximum absolute atomic E-state index is 6.23. The van der Waals surface area contributed by atoms with Crippen LogP contribution in [0.1, 0.15) is 53.9 Å². The standard InChI is InChI=1S/C16H33N3/c1-12-9-16(10-17,11-19(12)14-7-8-14)18(6)13(2)15(3,4)5/h12-14H,7-11,17H2,1-6H3. The van der Waals surface area contributed by atoms with E-state index in [0.29, 0.717) is 17.5 Å². The molecular formula is C16H33N3. The van der Waals surface area contributed by atoms with Crippen molar-refractivity contribution in [2.75, 3.05) is 20.1 Å². The van der Waals surface area contributed by atoms with Crippen LogP contribution in [0.15, 0.2) is 0 Å². The van der Waals surface area contributed by atoms with Gasteiger partial charge in [0.1, 0.15) is 0 Å². The van der Waals surface area contributed by atoms with Crippen LogP contribution in [0.5, 0.6) is 0 Å². The Bertz CT molecular complexity index is 318. The fourth-order valence-electron chi connectivity index (χ4n) is 3.66. The van der Waals surface area contributed by atoms with Crippen LogP contribution >= 0.6 is 0 Å². The normalized spacial score (nSPS) is 35.1. The SMILES string of the molecule is CC1CC(CN)(N(C)C(C)C(C)(C)C)CN1C1CC1. The summed E-state index contributed by atoms with van der Waals surface area (Å²) in [4.78, 5) is 5.28. The van der Waals surface area contributed by atoms with Gasteiger partial charge < -0.3 is 5.73 Å². The van der Waals surface area contributed by atoms with Crippen LogP contribution in [-0.4, -0.2) is 53.6 Å². The first-order valence-corrected chi connectivity index (χ1v) is 7.90. The molecule has 3 heteroatoms. The van der Waals surface area contributed by atoms with Gasteiger partial charge in [-0.2, -0.15) is 0 Å². The van der Waals surface area contributed by atoms with Crippen molar-refractivity contribution in [3.63, 3.8) is 0 Å². The molecule has 1 aliphatic heterocycles. The summed E-state index contributed by atoms with van der Waals surface area (Å²) in [6, 6.07) is 2.08. The maximum Gasteiger partial charge on any atom is 0.0473 e. The lowest BCUT2D eigenvalue weighted by atomic mass is 9.83. The molecule has 2 rings (SSSR count). The number of likely N-dealkylation sites (N-methyl/N-ethyl adjacent to an activating group) is 1. The number of hydrogen-bond donors (Lipinski definition) is 1. The average Bonchev–Trinajstić information content (AvgIpc) is 3.10. The predicted molar refractivity (Wildman–Crippen MR) is 82.3 cm³/mol. The number of nitrogens with zero attached hydrogens (tertiary/aromatic N) is 2. The van der Waals surface area contributed by atoms with Crippen molar-refractivity contribution in [1.82, 2.24) is 9.80 Å². The molecule has 1 saturated carbocycles. The highest BCUT2D eigenvalue weighted by Gasteiger charge is 2.50. The lowest BCUT2D eigenvalue weighted by Gasteiger charge is -2.46. The molecule has 112 valence electrons. The monoisotopic (exact) mass is 267 g/mol. The minimum Gasteiger partial charge on any atom is -0.329 e. The fraction of sp³-hybridized carbons (Fsp3) is 1.00. The molecular weight excluding hydrogens is 234 g/mol. The first kappa shape index (κ1) is 15.3. The van der Waals surface area contributed by atoms with Gasteiger partial charge in [0.05, 0.1) is 0 Å². The summed E-state index contributed by atoms with van der Waals surface area (Å²) in [5, 5.41) is 0. The van der Waals surface area contributed by atoms with Crippen molar-refractivity contribution in [2.45, 2.75) is 77.5 Å². The van der Waals surface area contributed by atoms with Crippen LogP contribution in [-0.2, 0) is 0 Å². The average molecular weight is 267 g/mol. The second-order valence-corrected chi connectivity index (χ2v) is 8.04. The quantitative estimate of drug-likeness (QED) is 0.848. The Morgan fingerprint density at radius 2 is 1.95 bits per heavy atom. The molecule has 0 radical (unpaired) electrons. The highest BCUT2D eigenvalue weighted by atomic mass is 15.3. The van der Waals surface area contributed by atoms with Gasteiger partial charge in [-0.3, -0.25) is 9.80 Å². The Morgan fingerprint density at radius 1 is 1.37 bits per heavy atom. The van der Waals surface area contributed by atoms with E-state index in [4.69, 9.17) is 5.73 Å². The molecule has 0 aromatic carbocycles. The first-order chi connectivity index (χ1) is 8.71. The Hall–Kier alpha value is -0.120. The number of hydrogen-bond acceptors (Lipinski definition) is 3. The molecule has 2 fully saturated rings. The summed E-state index contributed by atoms with van der Waals surface area (Å²) < 4.78 is 0. The molecule has 3 unspecified atom stereocenters. The molecule has 19 heavy (non-hydrogen) atoms. The summed E-state index contributed by atoms with van der Waals surface area (Å²) in [5.41, 5.74) is 6.70. The van der Waals surface area contributed by atoms with E-state index in [2.05, 4.69) is 51.5 Å². The van der Waals surface area contributed by atoms with Crippen molar-refractivity contribution in [3.05, 3.63) is 0 Å². The highest BCUT2D eigenvalue weighted by molar-refractivity contribution is 5.07. The van der Waals surface area contributed by atoms with Crippen LogP contribution in [0, 0.1) is 5.41 Å². The van der Waals surface area contributed by atoms with Crippen LogP contribution in [0.3, 0.4) is 0 Å². The van der Waals surface area contributed by atoms with E-state index in [0.717, 1.165) is 19.1 Å². The van der Waals surface area contributed by atoms with E-state index in [9.17, 15) is 0 Å².